The van der Waals surface area contributed by atoms with E-state index in [4.69, 9.17) is 5.73 Å². The molecule has 1 aliphatic heterocycles. The Morgan fingerprint density at radius 3 is 2.94 bits per heavy atom. The minimum Gasteiger partial charge on any atom is -0.326 e. The van der Waals surface area contributed by atoms with Gasteiger partial charge in [-0.1, -0.05) is 6.07 Å². The zero-order valence-corrected chi connectivity index (χ0v) is 9.21. The summed E-state index contributed by atoms with van der Waals surface area (Å²) in [5.74, 6) is 0.629. The maximum atomic E-state index is 11.8. The van der Waals surface area contributed by atoms with Gasteiger partial charge in [-0.15, -0.1) is 0 Å². The second-order valence-corrected chi connectivity index (χ2v) is 4.18. The number of fused-ring (bicyclic) bond motifs is 1. The van der Waals surface area contributed by atoms with Crippen LogP contribution in [0.4, 0.5) is 5.82 Å². The molecule has 3 rings (SSSR count). The molecule has 17 heavy (non-hydrogen) atoms. The van der Waals surface area contributed by atoms with Crippen LogP contribution in [-0.4, -0.2) is 28.5 Å². The van der Waals surface area contributed by atoms with Crippen molar-refractivity contribution < 1.29 is 4.79 Å². The van der Waals surface area contributed by atoms with Crippen LogP contribution in [-0.2, 0) is 4.79 Å². The number of amides is 1. The second-order valence-electron chi connectivity index (χ2n) is 4.18. The van der Waals surface area contributed by atoms with Gasteiger partial charge in [-0.3, -0.25) is 14.7 Å². The van der Waals surface area contributed by atoms with E-state index in [1.165, 1.54) is 0 Å². The predicted octanol–water partition coefficient (Wildman–Crippen LogP) is 0.694. The molecule has 86 valence electrons. The Bertz CT molecular complexity index is 578. The molecule has 1 amide bonds. The van der Waals surface area contributed by atoms with Crippen molar-refractivity contribution in [3.05, 3.63) is 30.6 Å². The highest BCUT2D eigenvalue weighted by Crippen LogP contribution is 2.25. The lowest BCUT2D eigenvalue weighted by Gasteiger charge is -2.16. The first-order chi connectivity index (χ1) is 8.25. The molecule has 1 unspecified atom stereocenters. The van der Waals surface area contributed by atoms with Crippen LogP contribution in [0.15, 0.2) is 30.6 Å². The number of hydrogen-bond acceptors (Lipinski definition) is 4. The van der Waals surface area contributed by atoms with E-state index in [0.717, 1.165) is 10.9 Å². The van der Waals surface area contributed by atoms with Crippen LogP contribution in [0.3, 0.4) is 0 Å². The van der Waals surface area contributed by atoms with E-state index < -0.39 is 0 Å². The molecule has 0 radical (unpaired) electrons. The lowest BCUT2D eigenvalue weighted by Crippen LogP contribution is -2.28. The largest absolute Gasteiger partial charge is 0.326 e. The minimum atomic E-state index is -0.108. The molecule has 1 atom stereocenters. The fourth-order valence-corrected chi connectivity index (χ4v) is 2.13. The van der Waals surface area contributed by atoms with E-state index in [2.05, 4.69) is 9.97 Å². The lowest BCUT2D eigenvalue weighted by atomic mass is 10.2. The Hall–Kier alpha value is -2.01. The van der Waals surface area contributed by atoms with E-state index in [9.17, 15) is 4.79 Å². The third-order valence-corrected chi connectivity index (χ3v) is 2.91. The van der Waals surface area contributed by atoms with Gasteiger partial charge in [0.1, 0.15) is 5.52 Å². The molecule has 1 saturated heterocycles. The van der Waals surface area contributed by atoms with Crippen molar-refractivity contribution >= 4 is 22.6 Å². The number of pyridine rings is 2. The topological polar surface area (TPSA) is 72.1 Å². The van der Waals surface area contributed by atoms with Crippen LogP contribution in [0.1, 0.15) is 6.42 Å². The third-order valence-electron chi connectivity index (χ3n) is 2.91. The summed E-state index contributed by atoms with van der Waals surface area (Å²) in [6.07, 6.45) is 3.77. The van der Waals surface area contributed by atoms with Gasteiger partial charge in [-0.25, -0.2) is 4.98 Å². The van der Waals surface area contributed by atoms with Crippen LogP contribution in [0.25, 0.3) is 10.9 Å². The molecule has 1 aliphatic rings. The fraction of sp³-hybridized carbons (Fsp3) is 0.250. The Morgan fingerprint density at radius 1 is 1.29 bits per heavy atom. The van der Waals surface area contributed by atoms with Gasteiger partial charge in [0.2, 0.25) is 5.91 Å². The molecule has 2 aromatic rings. The molecule has 0 bridgehead atoms. The van der Waals surface area contributed by atoms with Crippen molar-refractivity contribution in [2.45, 2.75) is 12.5 Å². The monoisotopic (exact) mass is 228 g/mol. The quantitative estimate of drug-likeness (QED) is 0.779. The van der Waals surface area contributed by atoms with Crippen LogP contribution in [0, 0.1) is 0 Å². The highest BCUT2D eigenvalue weighted by atomic mass is 16.2. The first kappa shape index (κ1) is 10.2. The molecule has 2 aromatic heterocycles. The zero-order chi connectivity index (χ0) is 11.8. The van der Waals surface area contributed by atoms with Gasteiger partial charge in [0.05, 0.1) is 0 Å². The SMILES string of the molecule is NC1CC(=O)N(c2nccc3cccnc23)C1. The van der Waals surface area contributed by atoms with Crippen molar-refractivity contribution in [1.29, 1.82) is 0 Å². The fourth-order valence-electron chi connectivity index (χ4n) is 2.13. The highest BCUT2D eigenvalue weighted by molar-refractivity contribution is 6.02. The summed E-state index contributed by atoms with van der Waals surface area (Å²) < 4.78 is 0. The van der Waals surface area contributed by atoms with Crippen molar-refractivity contribution in [3.63, 3.8) is 0 Å². The zero-order valence-electron chi connectivity index (χ0n) is 9.21. The van der Waals surface area contributed by atoms with Gasteiger partial charge in [-0.2, -0.15) is 0 Å². The first-order valence-electron chi connectivity index (χ1n) is 5.51. The standard InChI is InChI=1S/C12H12N4O/c13-9-6-10(17)16(7-9)12-11-8(3-5-15-12)2-1-4-14-11/h1-5,9H,6-7,13H2. The van der Waals surface area contributed by atoms with Crippen molar-refractivity contribution in [1.82, 2.24) is 9.97 Å². The number of anilines is 1. The number of nitrogens with two attached hydrogens (primary N) is 1. The van der Waals surface area contributed by atoms with Gasteiger partial charge in [0.15, 0.2) is 5.82 Å². The molecule has 5 heteroatoms. The molecule has 0 aromatic carbocycles. The molecular weight excluding hydrogens is 216 g/mol. The molecule has 2 N–H and O–H groups in total. The van der Waals surface area contributed by atoms with Gasteiger partial charge < -0.3 is 5.73 Å². The Balaban J connectivity index is 2.14. The van der Waals surface area contributed by atoms with Crippen LogP contribution in [0.5, 0.6) is 0 Å². The van der Waals surface area contributed by atoms with Crippen LogP contribution >= 0.6 is 0 Å². The van der Waals surface area contributed by atoms with Crippen molar-refractivity contribution in [2.24, 2.45) is 5.73 Å². The molecule has 0 saturated carbocycles. The smallest absolute Gasteiger partial charge is 0.229 e. The van der Waals surface area contributed by atoms with Crippen molar-refractivity contribution in [3.8, 4) is 0 Å². The summed E-state index contributed by atoms with van der Waals surface area (Å²) in [6.45, 7) is 0.515. The summed E-state index contributed by atoms with van der Waals surface area (Å²) in [6, 6.07) is 5.59. The molecule has 1 fully saturated rings. The first-order valence-corrected chi connectivity index (χ1v) is 5.51. The van der Waals surface area contributed by atoms with Crippen molar-refractivity contribution in [2.75, 3.05) is 11.4 Å². The number of aromatic nitrogens is 2. The minimum absolute atomic E-state index is 0.0168. The summed E-state index contributed by atoms with van der Waals surface area (Å²) in [5, 5.41) is 0.978. The average Bonchev–Trinajstić information content (AvgIpc) is 2.68. The van der Waals surface area contributed by atoms with E-state index in [1.54, 1.807) is 17.3 Å². The molecular formula is C12H12N4O. The summed E-state index contributed by atoms with van der Waals surface area (Å²) in [4.78, 5) is 22.0. The second kappa shape index (κ2) is 3.78. The van der Waals surface area contributed by atoms with Gasteiger partial charge >= 0.3 is 0 Å². The summed E-state index contributed by atoms with van der Waals surface area (Å²) >= 11 is 0. The maximum absolute atomic E-state index is 11.8. The Kier molecular flexibility index (Phi) is 2.26. The average molecular weight is 228 g/mol. The van der Waals surface area contributed by atoms with Crippen LogP contribution < -0.4 is 10.6 Å². The number of hydrogen-bond donors (Lipinski definition) is 1. The molecule has 3 heterocycles. The highest BCUT2D eigenvalue weighted by Gasteiger charge is 2.30. The summed E-state index contributed by atoms with van der Waals surface area (Å²) in [7, 11) is 0. The molecule has 0 aliphatic carbocycles. The maximum Gasteiger partial charge on any atom is 0.229 e. The number of nitrogens with zero attached hydrogens (tertiary/aromatic N) is 3. The van der Waals surface area contributed by atoms with E-state index in [0.29, 0.717) is 18.8 Å². The molecule has 5 nitrogen and oxygen atoms in total. The number of rotatable bonds is 1. The normalized spacial score (nSPS) is 20.2. The van der Waals surface area contributed by atoms with Gasteiger partial charge in [0, 0.05) is 36.8 Å². The molecule has 0 spiro atoms. The predicted molar refractivity (Wildman–Crippen MR) is 64.5 cm³/mol. The number of carbonyl (C=O) groups is 1. The van der Waals surface area contributed by atoms with E-state index >= 15 is 0 Å². The van der Waals surface area contributed by atoms with Crippen LogP contribution in [0.2, 0.25) is 0 Å². The third kappa shape index (κ3) is 1.64. The van der Waals surface area contributed by atoms with Gasteiger partial charge in [-0.05, 0) is 12.1 Å². The van der Waals surface area contributed by atoms with E-state index in [1.807, 2.05) is 18.2 Å². The number of carbonyl (C=O) groups excluding carboxylic acids is 1. The van der Waals surface area contributed by atoms with Gasteiger partial charge in [0.25, 0.3) is 0 Å². The Labute approximate surface area is 98.3 Å². The van der Waals surface area contributed by atoms with E-state index in [-0.39, 0.29) is 11.9 Å². The Morgan fingerprint density at radius 2 is 2.18 bits per heavy atom. The summed E-state index contributed by atoms with van der Waals surface area (Å²) in [5.41, 5.74) is 6.53. The lowest BCUT2D eigenvalue weighted by molar-refractivity contribution is -0.117.